The van der Waals surface area contributed by atoms with Crippen molar-refractivity contribution in [3.63, 3.8) is 0 Å². The van der Waals surface area contributed by atoms with Crippen LogP contribution < -0.4 is 21.5 Å². The van der Waals surface area contributed by atoms with Gasteiger partial charge in [0, 0.05) is 31.7 Å². The molecule has 2 N–H and O–H groups in total. The van der Waals surface area contributed by atoms with Crippen LogP contribution in [0.4, 0.5) is 11.4 Å². The zero-order valence-corrected chi connectivity index (χ0v) is 15.3. The highest BCUT2D eigenvalue weighted by atomic mass is 16.5. The minimum absolute atomic E-state index is 0.105. The number of hydrogen-bond acceptors (Lipinski definition) is 7. The Morgan fingerprint density at radius 2 is 1.67 bits per heavy atom. The molecule has 7 heteroatoms. The van der Waals surface area contributed by atoms with E-state index >= 15 is 0 Å². The fourth-order valence-corrected chi connectivity index (χ4v) is 2.92. The van der Waals surface area contributed by atoms with Gasteiger partial charge in [-0.3, -0.25) is 14.5 Å². The number of ether oxygens (including phenoxy) is 1. The quantitative estimate of drug-likeness (QED) is 0.491. The van der Waals surface area contributed by atoms with Crippen LogP contribution in [-0.4, -0.2) is 75.4 Å². The van der Waals surface area contributed by atoms with Crippen LogP contribution >= 0.6 is 0 Å². The van der Waals surface area contributed by atoms with E-state index < -0.39 is 10.9 Å². The average molecular weight is 338 g/mol. The topological polar surface area (TPSA) is 73.9 Å². The van der Waals surface area contributed by atoms with Gasteiger partial charge < -0.3 is 20.3 Å². The van der Waals surface area contributed by atoms with Crippen molar-refractivity contribution in [2.24, 2.45) is 0 Å². The van der Waals surface area contributed by atoms with Gasteiger partial charge in [-0.1, -0.05) is 0 Å². The predicted molar refractivity (Wildman–Crippen MR) is 98.0 cm³/mol. The van der Waals surface area contributed by atoms with Crippen molar-refractivity contribution in [3.05, 3.63) is 20.4 Å². The molecule has 24 heavy (non-hydrogen) atoms. The Labute approximate surface area is 143 Å². The fourth-order valence-electron chi connectivity index (χ4n) is 2.92. The molecule has 0 atom stereocenters. The molecular formula is C17H30N4O3. The lowest BCUT2D eigenvalue weighted by molar-refractivity contribution is -0.00569. The number of morpholine rings is 1. The highest BCUT2D eigenvalue weighted by Crippen LogP contribution is 2.20. The third-order valence-electron chi connectivity index (χ3n) is 4.56. The minimum Gasteiger partial charge on any atom is -0.380 e. The Kier molecular flexibility index (Phi) is 6.37. The molecule has 1 fully saturated rings. The summed E-state index contributed by atoms with van der Waals surface area (Å²) in [5.41, 5.74) is -0.0525. The van der Waals surface area contributed by atoms with Gasteiger partial charge in [-0.2, -0.15) is 0 Å². The molecule has 0 bridgehead atoms. The molecule has 1 heterocycles. The molecule has 0 amide bonds. The third-order valence-corrected chi connectivity index (χ3v) is 4.56. The molecule has 1 aromatic rings. The summed E-state index contributed by atoms with van der Waals surface area (Å²) in [6, 6.07) is 0. The molecule has 136 valence electrons. The van der Waals surface area contributed by atoms with E-state index in [1.807, 2.05) is 14.1 Å². The summed E-state index contributed by atoms with van der Waals surface area (Å²) in [7, 11) is 4.02. The van der Waals surface area contributed by atoms with E-state index in [2.05, 4.69) is 34.3 Å². The number of nitrogens with zero attached hydrogens (tertiary/aromatic N) is 2. The molecule has 1 saturated heterocycles. The maximum absolute atomic E-state index is 11.9. The standard InChI is InChI=1S/C17H30N4O3/c1-17(2,21-8-10-24-11-9-21)12-19-14-13(15(22)16(14)23)18-6-5-7-20(3)4/h18-19H,5-12H2,1-4H3. The summed E-state index contributed by atoms with van der Waals surface area (Å²) in [6.45, 7) is 9.77. The van der Waals surface area contributed by atoms with E-state index in [0.717, 1.165) is 39.3 Å². The van der Waals surface area contributed by atoms with E-state index in [4.69, 9.17) is 4.74 Å². The first-order chi connectivity index (χ1) is 11.3. The van der Waals surface area contributed by atoms with Gasteiger partial charge >= 0.3 is 0 Å². The Morgan fingerprint density at radius 1 is 1.08 bits per heavy atom. The lowest BCUT2D eigenvalue weighted by Gasteiger charge is -2.41. The summed E-state index contributed by atoms with van der Waals surface area (Å²) in [6.07, 6.45) is 0.921. The maximum atomic E-state index is 11.9. The smallest absolute Gasteiger partial charge is 0.253 e. The van der Waals surface area contributed by atoms with E-state index in [-0.39, 0.29) is 5.54 Å². The third kappa shape index (κ3) is 4.55. The van der Waals surface area contributed by atoms with Crippen LogP contribution in [0.15, 0.2) is 9.59 Å². The molecule has 0 radical (unpaired) electrons. The molecule has 2 rings (SSSR count). The van der Waals surface area contributed by atoms with Crippen molar-refractivity contribution in [2.45, 2.75) is 25.8 Å². The minimum atomic E-state index is -0.414. The van der Waals surface area contributed by atoms with Crippen molar-refractivity contribution in [3.8, 4) is 0 Å². The van der Waals surface area contributed by atoms with Crippen LogP contribution in [0.3, 0.4) is 0 Å². The summed E-state index contributed by atoms with van der Waals surface area (Å²) in [5, 5.41) is 6.30. The van der Waals surface area contributed by atoms with E-state index in [1.165, 1.54) is 0 Å². The van der Waals surface area contributed by atoms with Gasteiger partial charge in [-0.05, 0) is 40.9 Å². The van der Waals surface area contributed by atoms with E-state index in [1.54, 1.807) is 0 Å². The van der Waals surface area contributed by atoms with Crippen molar-refractivity contribution in [1.29, 1.82) is 0 Å². The molecule has 1 aliphatic rings. The summed E-state index contributed by atoms with van der Waals surface area (Å²) < 4.78 is 5.39. The van der Waals surface area contributed by atoms with Crippen LogP contribution in [0, 0.1) is 0 Å². The molecule has 0 aromatic heterocycles. The average Bonchev–Trinajstić information content (AvgIpc) is 2.56. The largest absolute Gasteiger partial charge is 0.380 e. The number of rotatable bonds is 9. The fraction of sp³-hybridized carbons (Fsp3) is 0.765. The first-order valence-electron chi connectivity index (χ1n) is 8.61. The molecule has 0 unspecified atom stereocenters. The van der Waals surface area contributed by atoms with Gasteiger partial charge in [0.2, 0.25) is 0 Å². The Bertz CT molecular complexity index is 599. The zero-order chi connectivity index (χ0) is 17.7. The summed E-state index contributed by atoms with van der Waals surface area (Å²) >= 11 is 0. The second kappa shape index (κ2) is 8.09. The Hall–Kier alpha value is -1.44. The normalized spacial score (nSPS) is 16.7. The summed E-state index contributed by atoms with van der Waals surface area (Å²) in [4.78, 5) is 28.1. The van der Waals surface area contributed by atoms with Gasteiger partial charge in [0.15, 0.2) is 0 Å². The van der Waals surface area contributed by atoms with Crippen LogP contribution in [-0.2, 0) is 4.74 Å². The lowest BCUT2D eigenvalue weighted by atomic mass is 10.0. The molecule has 1 aliphatic heterocycles. The molecule has 0 aliphatic carbocycles. The lowest BCUT2D eigenvalue weighted by Crippen LogP contribution is -2.54. The van der Waals surface area contributed by atoms with Crippen LogP contribution in [0.25, 0.3) is 0 Å². The monoisotopic (exact) mass is 338 g/mol. The Balaban J connectivity index is 1.89. The maximum Gasteiger partial charge on any atom is 0.253 e. The second-order valence-corrected chi connectivity index (χ2v) is 7.26. The van der Waals surface area contributed by atoms with E-state index in [9.17, 15) is 9.59 Å². The van der Waals surface area contributed by atoms with Gasteiger partial charge in [-0.15, -0.1) is 0 Å². The van der Waals surface area contributed by atoms with Crippen LogP contribution in [0.5, 0.6) is 0 Å². The first kappa shape index (κ1) is 18.9. The second-order valence-electron chi connectivity index (χ2n) is 7.26. The van der Waals surface area contributed by atoms with E-state index in [0.29, 0.717) is 24.5 Å². The van der Waals surface area contributed by atoms with Crippen LogP contribution in [0.2, 0.25) is 0 Å². The first-order valence-corrected chi connectivity index (χ1v) is 8.61. The predicted octanol–water partition coefficient (Wildman–Crippen LogP) is 0.169. The number of nitrogens with one attached hydrogen (secondary N) is 2. The number of anilines is 2. The molecule has 1 aromatic carbocycles. The van der Waals surface area contributed by atoms with Gasteiger partial charge in [-0.25, -0.2) is 0 Å². The summed E-state index contributed by atoms with van der Waals surface area (Å²) in [5.74, 6) is 0. The molecular weight excluding hydrogens is 308 g/mol. The Morgan fingerprint density at radius 3 is 2.25 bits per heavy atom. The van der Waals surface area contributed by atoms with Crippen molar-refractivity contribution in [1.82, 2.24) is 9.80 Å². The van der Waals surface area contributed by atoms with Gasteiger partial charge in [0.05, 0.1) is 13.2 Å². The number of hydrogen-bond donors (Lipinski definition) is 2. The van der Waals surface area contributed by atoms with Crippen molar-refractivity contribution in [2.75, 3.05) is 70.7 Å². The SMILES string of the molecule is CN(C)CCCNc1c(NCC(C)(C)N2CCOCC2)c(=O)c1=O. The highest BCUT2D eigenvalue weighted by Gasteiger charge is 2.30. The van der Waals surface area contributed by atoms with Crippen molar-refractivity contribution < 1.29 is 4.74 Å². The molecule has 0 spiro atoms. The van der Waals surface area contributed by atoms with Gasteiger partial charge in [0.1, 0.15) is 11.4 Å². The zero-order valence-electron chi connectivity index (χ0n) is 15.3. The highest BCUT2D eigenvalue weighted by molar-refractivity contribution is 5.74. The molecule has 0 saturated carbocycles. The van der Waals surface area contributed by atoms with Crippen molar-refractivity contribution >= 4 is 11.4 Å². The molecule has 7 nitrogen and oxygen atoms in total. The van der Waals surface area contributed by atoms with Gasteiger partial charge in [0.25, 0.3) is 10.9 Å². The van der Waals surface area contributed by atoms with Crippen LogP contribution in [0.1, 0.15) is 20.3 Å².